The SMILES string of the molecule is COc1ccc(F)cc1CSCC(=O)NC(C)c1ccc(Br)cc1. The average Bonchev–Trinajstić information content (AvgIpc) is 2.55. The van der Waals surface area contributed by atoms with E-state index in [9.17, 15) is 9.18 Å². The zero-order valence-electron chi connectivity index (χ0n) is 13.5. The van der Waals surface area contributed by atoms with E-state index in [0.717, 1.165) is 15.6 Å². The number of halogens is 2. The fourth-order valence-electron chi connectivity index (χ4n) is 2.23. The molecule has 2 aromatic rings. The first-order valence-corrected chi connectivity index (χ1v) is 9.39. The number of thioether (sulfide) groups is 1. The Labute approximate surface area is 154 Å². The second kappa shape index (κ2) is 9.08. The highest BCUT2D eigenvalue weighted by atomic mass is 79.9. The quantitative estimate of drug-likeness (QED) is 0.716. The second-order valence-corrected chi connectivity index (χ2v) is 7.19. The van der Waals surface area contributed by atoms with E-state index in [1.165, 1.54) is 23.9 Å². The monoisotopic (exact) mass is 411 g/mol. The molecule has 0 bridgehead atoms. The normalized spacial score (nSPS) is 11.8. The maximum atomic E-state index is 13.3. The highest BCUT2D eigenvalue weighted by Gasteiger charge is 2.11. The van der Waals surface area contributed by atoms with Gasteiger partial charge in [0.15, 0.2) is 0 Å². The van der Waals surface area contributed by atoms with E-state index < -0.39 is 0 Å². The third kappa shape index (κ3) is 5.53. The minimum absolute atomic E-state index is 0.0502. The summed E-state index contributed by atoms with van der Waals surface area (Å²) < 4.78 is 19.5. The highest BCUT2D eigenvalue weighted by molar-refractivity contribution is 9.10. The summed E-state index contributed by atoms with van der Waals surface area (Å²) in [7, 11) is 1.55. The van der Waals surface area contributed by atoms with Crippen LogP contribution in [0, 0.1) is 5.82 Å². The maximum Gasteiger partial charge on any atom is 0.230 e. The molecule has 0 aliphatic rings. The van der Waals surface area contributed by atoms with E-state index >= 15 is 0 Å². The first kappa shape index (κ1) is 18.8. The van der Waals surface area contributed by atoms with Gasteiger partial charge >= 0.3 is 0 Å². The Morgan fingerprint density at radius 3 is 2.67 bits per heavy atom. The number of hydrogen-bond acceptors (Lipinski definition) is 3. The minimum Gasteiger partial charge on any atom is -0.496 e. The molecule has 0 spiro atoms. The predicted octanol–water partition coefficient (Wildman–Crippen LogP) is 4.71. The van der Waals surface area contributed by atoms with Gasteiger partial charge in [-0.2, -0.15) is 0 Å². The number of carbonyl (C=O) groups excluding carboxylic acids is 1. The summed E-state index contributed by atoms with van der Waals surface area (Å²) in [5.41, 5.74) is 1.79. The number of hydrogen-bond donors (Lipinski definition) is 1. The lowest BCUT2D eigenvalue weighted by Gasteiger charge is -2.14. The van der Waals surface area contributed by atoms with Gasteiger partial charge in [-0.1, -0.05) is 28.1 Å². The van der Waals surface area contributed by atoms with Gasteiger partial charge in [-0.25, -0.2) is 4.39 Å². The molecule has 0 saturated heterocycles. The molecule has 0 aliphatic carbocycles. The molecule has 24 heavy (non-hydrogen) atoms. The number of nitrogens with one attached hydrogen (secondary N) is 1. The fourth-order valence-corrected chi connectivity index (χ4v) is 3.31. The van der Waals surface area contributed by atoms with Gasteiger partial charge in [0.1, 0.15) is 11.6 Å². The number of ether oxygens (including phenoxy) is 1. The molecule has 1 amide bonds. The summed E-state index contributed by atoms with van der Waals surface area (Å²) in [5.74, 6) is 1.10. The van der Waals surface area contributed by atoms with Gasteiger partial charge in [0.25, 0.3) is 0 Å². The molecule has 3 nitrogen and oxygen atoms in total. The van der Waals surface area contributed by atoms with Crippen LogP contribution in [-0.4, -0.2) is 18.8 Å². The van der Waals surface area contributed by atoms with Crippen LogP contribution in [0.25, 0.3) is 0 Å². The lowest BCUT2D eigenvalue weighted by molar-refractivity contribution is -0.119. The van der Waals surface area contributed by atoms with Gasteiger partial charge in [-0.15, -0.1) is 11.8 Å². The van der Waals surface area contributed by atoms with Crippen molar-refractivity contribution >= 4 is 33.6 Å². The Morgan fingerprint density at radius 2 is 2.00 bits per heavy atom. The van der Waals surface area contributed by atoms with E-state index in [4.69, 9.17) is 4.74 Å². The van der Waals surface area contributed by atoms with Gasteiger partial charge in [0.2, 0.25) is 5.91 Å². The summed E-state index contributed by atoms with van der Waals surface area (Å²) in [6, 6.07) is 12.2. The second-order valence-electron chi connectivity index (χ2n) is 5.29. The van der Waals surface area contributed by atoms with E-state index in [1.54, 1.807) is 13.2 Å². The van der Waals surface area contributed by atoms with Gasteiger partial charge in [0.05, 0.1) is 18.9 Å². The summed E-state index contributed by atoms with van der Waals surface area (Å²) in [4.78, 5) is 12.1. The maximum absolute atomic E-state index is 13.3. The van der Waals surface area contributed by atoms with Crippen molar-refractivity contribution in [2.75, 3.05) is 12.9 Å². The largest absolute Gasteiger partial charge is 0.496 e. The molecule has 6 heteroatoms. The molecule has 0 aromatic heterocycles. The van der Waals surface area contributed by atoms with Crippen molar-refractivity contribution < 1.29 is 13.9 Å². The Balaban J connectivity index is 1.83. The van der Waals surface area contributed by atoms with Crippen molar-refractivity contribution in [3.63, 3.8) is 0 Å². The van der Waals surface area contributed by atoms with E-state index in [1.807, 2.05) is 31.2 Å². The zero-order valence-corrected chi connectivity index (χ0v) is 15.9. The molecule has 0 fully saturated rings. The lowest BCUT2D eigenvalue weighted by atomic mass is 10.1. The molecule has 128 valence electrons. The summed E-state index contributed by atoms with van der Waals surface area (Å²) in [6.07, 6.45) is 0. The van der Waals surface area contributed by atoms with Gasteiger partial charge in [0, 0.05) is 15.8 Å². The van der Waals surface area contributed by atoms with Crippen molar-refractivity contribution in [3.8, 4) is 5.75 Å². The fraction of sp³-hybridized carbons (Fsp3) is 0.278. The average molecular weight is 412 g/mol. The van der Waals surface area contributed by atoms with Crippen LogP contribution in [0.2, 0.25) is 0 Å². The molecular weight excluding hydrogens is 393 g/mol. The predicted molar refractivity (Wildman–Crippen MR) is 99.8 cm³/mol. The molecule has 2 aromatic carbocycles. The van der Waals surface area contributed by atoms with Crippen LogP contribution in [0.1, 0.15) is 24.1 Å². The number of methoxy groups -OCH3 is 1. The van der Waals surface area contributed by atoms with E-state index in [-0.39, 0.29) is 17.8 Å². The number of benzene rings is 2. The van der Waals surface area contributed by atoms with Crippen molar-refractivity contribution in [1.29, 1.82) is 0 Å². The van der Waals surface area contributed by atoms with Crippen molar-refractivity contribution in [2.24, 2.45) is 0 Å². The molecule has 1 N–H and O–H groups in total. The van der Waals surface area contributed by atoms with Crippen molar-refractivity contribution in [2.45, 2.75) is 18.7 Å². The third-order valence-corrected chi connectivity index (χ3v) is 4.99. The van der Waals surface area contributed by atoms with Gasteiger partial charge in [-0.3, -0.25) is 4.79 Å². The molecule has 0 saturated carbocycles. The topological polar surface area (TPSA) is 38.3 Å². The van der Waals surface area contributed by atoms with Crippen LogP contribution in [0.4, 0.5) is 4.39 Å². The van der Waals surface area contributed by atoms with Crippen LogP contribution in [-0.2, 0) is 10.5 Å². The van der Waals surface area contributed by atoms with Crippen LogP contribution in [0.3, 0.4) is 0 Å². The molecule has 1 atom stereocenters. The standard InChI is InChI=1S/C18H19BrFNO2S/c1-12(13-3-5-15(19)6-4-13)21-18(22)11-24-10-14-9-16(20)7-8-17(14)23-2/h3-9,12H,10-11H2,1-2H3,(H,21,22). The van der Waals surface area contributed by atoms with Crippen molar-refractivity contribution in [1.82, 2.24) is 5.32 Å². The third-order valence-electron chi connectivity index (χ3n) is 3.48. The molecule has 0 heterocycles. The molecule has 1 unspecified atom stereocenters. The first-order chi connectivity index (χ1) is 11.5. The minimum atomic E-state index is -0.306. The van der Waals surface area contributed by atoms with Crippen molar-refractivity contribution in [3.05, 3.63) is 63.9 Å². The Bertz CT molecular complexity index is 694. The van der Waals surface area contributed by atoms with Crippen LogP contribution >= 0.6 is 27.7 Å². The van der Waals surface area contributed by atoms with E-state index in [2.05, 4.69) is 21.2 Å². The Hall–Kier alpha value is -1.53. The molecular formula is C18H19BrFNO2S. The van der Waals surface area contributed by atoms with E-state index in [0.29, 0.717) is 17.3 Å². The summed E-state index contributed by atoms with van der Waals surface area (Å²) >= 11 is 4.82. The number of rotatable bonds is 7. The molecule has 0 aliphatic heterocycles. The lowest BCUT2D eigenvalue weighted by Crippen LogP contribution is -2.28. The van der Waals surface area contributed by atoms with Gasteiger partial charge < -0.3 is 10.1 Å². The van der Waals surface area contributed by atoms with Crippen LogP contribution < -0.4 is 10.1 Å². The Morgan fingerprint density at radius 1 is 1.29 bits per heavy atom. The molecule has 0 radical (unpaired) electrons. The summed E-state index contributed by atoms with van der Waals surface area (Å²) in [5, 5.41) is 2.96. The van der Waals surface area contributed by atoms with Crippen LogP contribution in [0.15, 0.2) is 46.9 Å². The number of carbonyl (C=O) groups is 1. The summed E-state index contributed by atoms with van der Waals surface area (Å²) in [6.45, 7) is 1.95. The number of amides is 1. The highest BCUT2D eigenvalue weighted by Crippen LogP contribution is 2.24. The van der Waals surface area contributed by atoms with Gasteiger partial charge in [-0.05, 0) is 42.8 Å². The zero-order chi connectivity index (χ0) is 17.5. The van der Waals surface area contributed by atoms with Crippen LogP contribution in [0.5, 0.6) is 5.75 Å². The first-order valence-electron chi connectivity index (χ1n) is 7.44. The molecule has 2 rings (SSSR count). The smallest absolute Gasteiger partial charge is 0.230 e. The Kier molecular flexibility index (Phi) is 7.12.